The van der Waals surface area contributed by atoms with Crippen LogP contribution in [-0.2, 0) is 7.05 Å². The molecule has 0 aliphatic carbocycles. The van der Waals surface area contributed by atoms with E-state index < -0.39 is 0 Å². The standard InChI is InChI=1S/C22H23N5O.CH3.Na/c1-13-8-9-27(11-13)20-7-6-18-19(24-20)5-4-17(23-18)16-10-15-12-26(3)25-21(15)14(2)22(16)28;;/h4-7,10,12-13,28H,8-9,11H2,1-3H3;1H3;/q;-1;+1. The van der Waals surface area contributed by atoms with Gasteiger partial charge >= 0.3 is 29.6 Å². The van der Waals surface area contributed by atoms with E-state index in [0.29, 0.717) is 5.92 Å². The minimum absolute atomic E-state index is 0. The van der Waals surface area contributed by atoms with Crippen molar-refractivity contribution in [3.63, 3.8) is 0 Å². The Balaban J connectivity index is 0.00000128. The van der Waals surface area contributed by atoms with E-state index in [1.54, 1.807) is 4.68 Å². The smallest absolute Gasteiger partial charge is 0.507 e. The third-order valence-electron chi connectivity index (χ3n) is 5.67. The van der Waals surface area contributed by atoms with Crippen LogP contribution in [0.5, 0.6) is 5.75 Å². The second-order valence-corrected chi connectivity index (χ2v) is 7.88. The van der Waals surface area contributed by atoms with E-state index in [2.05, 4.69) is 16.9 Å². The SMILES string of the molecule is Cc1c(O)c(-c2ccc3nc(N4CCC(C)C4)ccc3n2)cc2cn(C)nc12.[CH3-].[Na+]. The number of hydrogen-bond donors (Lipinski definition) is 1. The van der Waals surface area contributed by atoms with Crippen LogP contribution in [0.15, 0.2) is 36.5 Å². The molecule has 1 aliphatic heterocycles. The fourth-order valence-corrected chi connectivity index (χ4v) is 4.11. The van der Waals surface area contributed by atoms with Crippen LogP contribution in [0.4, 0.5) is 5.82 Å². The molecule has 4 aromatic rings. The zero-order chi connectivity index (χ0) is 19.4. The van der Waals surface area contributed by atoms with Gasteiger partial charge in [0.2, 0.25) is 0 Å². The van der Waals surface area contributed by atoms with Gasteiger partial charge in [-0.3, -0.25) is 4.68 Å². The van der Waals surface area contributed by atoms with Crippen LogP contribution in [0.3, 0.4) is 0 Å². The molecular weight excluding hydrogens is 385 g/mol. The van der Waals surface area contributed by atoms with Gasteiger partial charge in [-0.05, 0) is 49.6 Å². The van der Waals surface area contributed by atoms with Crippen molar-refractivity contribution in [2.24, 2.45) is 13.0 Å². The molecule has 30 heavy (non-hydrogen) atoms. The Labute approximate surface area is 199 Å². The minimum atomic E-state index is 0. The predicted molar refractivity (Wildman–Crippen MR) is 118 cm³/mol. The average molecular weight is 411 g/mol. The van der Waals surface area contributed by atoms with E-state index in [0.717, 1.165) is 57.7 Å². The average Bonchev–Trinajstić information content (AvgIpc) is 3.29. The molecule has 1 unspecified atom stereocenters. The Bertz CT molecular complexity index is 1220. The monoisotopic (exact) mass is 411 g/mol. The summed E-state index contributed by atoms with van der Waals surface area (Å²) < 4.78 is 1.76. The molecule has 1 fully saturated rings. The van der Waals surface area contributed by atoms with Crippen LogP contribution >= 0.6 is 0 Å². The summed E-state index contributed by atoms with van der Waals surface area (Å²) in [5.74, 6) is 1.96. The molecule has 0 radical (unpaired) electrons. The van der Waals surface area contributed by atoms with Gasteiger partial charge in [0.15, 0.2) is 0 Å². The molecule has 1 N–H and O–H groups in total. The summed E-state index contributed by atoms with van der Waals surface area (Å²) in [4.78, 5) is 11.9. The van der Waals surface area contributed by atoms with E-state index in [-0.39, 0.29) is 42.7 Å². The van der Waals surface area contributed by atoms with Gasteiger partial charge in [-0.25, -0.2) is 9.97 Å². The van der Waals surface area contributed by atoms with Gasteiger partial charge in [0.05, 0.1) is 22.2 Å². The molecular formula is C23H26N5NaO. The minimum Gasteiger partial charge on any atom is -0.507 e. The van der Waals surface area contributed by atoms with E-state index in [9.17, 15) is 5.11 Å². The van der Waals surface area contributed by atoms with Crippen molar-refractivity contribution in [1.29, 1.82) is 0 Å². The molecule has 150 valence electrons. The molecule has 1 aromatic carbocycles. The van der Waals surface area contributed by atoms with E-state index in [1.807, 2.05) is 50.5 Å². The van der Waals surface area contributed by atoms with Crippen molar-refractivity contribution < 1.29 is 34.7 Å². The zero-order valence-corrected chi connectivity index (χ0v) is 20.3. The normalized spacial score (nSPS) is 16.0. The summed E-state index contributed by atoms with van der Waals surface area (Å²) in [6, 6.07) is 9.95. The summed E-state index contributed by atoms with van der Waals surface area (Å²) in [6.45, 7) is 6.29. The summed E-state index contributed by atoms with van der Waals surface area (Å²) >= 11 is 0. The maximum absolute atomic E-state index is 10.7. The number of nitrogens with zero attached hydrogens (tertiary/aromatic N) is 5. The Kier molecular flexibility index (Phi) is 6.41. The number of fused-ring (bicyclic) bond motifs is 2. The van der Waals surface area contributed by atoms with Crippen molar-refractivity contribution in [2.75, 3.05) is 18.0 Å². The molecule has 1 aliphatic rings. The fraction of sp³-hybridized carbons (Fsp3) is 0.304. The third-order valence-corrected chi connectivity index (χ3v) is 5.67. The summed E-state index contributed by atoms with van der Waals surface area (Å²) in [5, 5.41) is 16.2. The number of aromatic hydroxyl groups is 1. The number of anilines is 1. The predicted octanol–water partition coefficient (Wildman–Crippen LogP) is 1.50. The second-order valence-electron chi connectivity index (χ2n) is 7.88. The quantitative estimate of drug-likeness (QED) is 0.400. The van der Waals surface area contributed by atoms with Crippen LogP contribution in [0.2, 0.25) is 0 Å². The molecule has 0 amide bonds. The summed E-state index contributed by atoms with van der Waals surface area (Å²) in [5.41, 5.74) is 4.75. The molecule has 0 spiro atoms. The number of aromatic nitrogens is 4. The van der Waals surface area contributed by atoms with Crippen LogP contribution in [0, 0.1) is 20.3 Å². The first-order chi connectivity index (χ1) is 13.5. The maximum Gasteiger partial charge on any atom is 1.00 e. The van der Waals surface area contributed by atoms with Crippen molar-refractivity contribution in [3.8, 4) is 17.0 Å². The van der Waals surface area contributed by atoms with Crippen molar-refractivity contribution in [2.45, 2.75) is 20.3 Å². The first-order valence-corrected chi connectivity index (χ1v) is 9.68. The van der Waals surface area contributed by atoms with Crippen molar-refractivity contribution >= 4 is 27.8 Å². The molecule has 0 saturated carbocycles. The third kappa shape index (κ3) is 3.80. The summed E-state index contributed by atoms with van der Waals surface area (Å²) in [7, 11) is 1.88. The van der Waals surface area contributed by atoms with Gasteiger partial charge in [-0.15, -0.1) is 0 Å². The number of phenols is 1. The molecule has 0 bridgehead atoms. The number of benzene rings is 1. The van der Waals surface area contributed by atoms with Gasteiger partial charge in [-0.2, -0.15) is 5.10 Å². The van der Waals surface area contributed by atoms with E-state index in [1.165, 1.54) is 6.42 Å². The second kappa shape index (κ2) is 8.53. The van der Waals surface area contributed by atoms with Crippen molar-refractivity contribution in [3.05, 3.63) is 49.5 Å². The first-order valence-electron chi connectivity index (χ1n) is 9.68. The van der Waals surface area contributed by atoms with Crippen LogP contribution in [0.25, 0.3) is 33.2 Å². The molecule has 7 heteroatoms. The van der Waals surface area contributed by atoms with Crippen LogP contribution in [-0.4, -0.2) is 37.9 Å². The molecule has 4 heterocycles. The Morgan fingerprint density at radius 1 is 1.10 bits per heavy atom. The Morgan fingerprint density at radius 2 is 1.83 bits per heavy atom. The van der Waals surface area contributed by atoms with Gasteiger partial charge < -0.3 is 17.4 Å². The zero-order valence-electron chi connectivity index (χ0n) is 18.3. The number of rotatable bonds is 2. The van der Waals surface area contributed by atoms with Gasteiger partial charge in [0.1, 0.15) is 11.6 Å². The molecule has 3 aromatic heterocycles. The van der Waals surface area contributed by atoms with Crippen molar-refractivity contribution in [1.82, 2.24) is 19.7 Å². The first kappa shape index (κ1) is 22.5. The molecule has 6 nitrogen and oxygen atoms in total. The number of phenolic OH excluding ortho intramolecular Hbond substituents is 1. The summed E-state index contributed by atoms with van der Waals surface area (Å²) in [6.07, 6.45) is 3.17. The van der Waals surface area contributed by atoms with Gasteiger partial charge in [0, 0.05) is 42.8 Å². The number of hydrogen-bond acceptors (Lipinski definition) is 5. The van der Waals surface area contributed by atoms with Crippen LogP contribution < -0.4 is 34.5 Å². The van der Waals surface area contributed by atoms with E-state index >= 15 is 0 Å². The molecule has 5 rings (SSSR count). The number of pyridine rings is 2. The van der Waals surface area contributed by atoms with E-state index in [4.69, 9.17) is 9.97 Å². The van der Waals surface area contributed by atoms with Gasteiger partial charge in [0.25, 0.3) is 0 Å². The Hall–Kier alpha value is -2.15. The topological polar surface area (TPSA) is 67.1 Å². The largest absolute Gasteiger partial charge is 1.00 e. The van der Waals surface area contributed by atoms with Gasteiger partial charge in [-0.1, -0.05) is 6.92 Å². The Morgan fingerprint density at radius 3 is 2.57 bits per heavy atom. The molecule has 1 atom stereocenters. The molecule has 1 saturated heterocycles. The maximum atomic E-state index is 10.7. The number of aryl methyl sites for hydroxylation is 2. The fourth-order valence-electron chi connectivity index (χ4n) is 4.11. The van der Waals surface area contributed by atoms with Crippen LogP contribution in [0.1, 0.15) is 18.9 Å².